The van der Waals surface area contributed by atoms with Gasteiger partial charge in [-0.3, -0.25) is 9.58 Å². The number of anilines is 3. The Bertz CT molecular complexity index is 1290. The number of aryl methyl sites for hydroxylation is 1. The first-order chi connectivity index (χ1) is 16.0. The number of nitrogens with one attached hydrogen (secondary N) is 1. The second kappa shape index (κ2) is 8.43. The number of carbonyl (C=O) groups is 1. The fourth-order valence-electron chi connectivity index (χ4n) is 3.93. The Labute approximate surface area is 197 Å². The van der Waals surface area contributed by atoms with Gasteiger partial charge in [-0.05, 0) is 44.5 Å². The van der Waals surface area contributed by atoms with Crippen molar-refractivity contribution in [1.29, 1.82) is 5.26 Å². The summed E-state index contributed by atoms with van der Waals surface area (Å²) in [5.74, 6) is 1.10. The second-order valence-corrected chi connectivity index (χ2v) is 9.55. The van der Waals surface area contributed by atoms with Crippen molar-refractivity contribution in [1.82, 2.24) is 19.7 Å². The Morgan fingerprint density at radius 3 is 2.71 bits per heavy atom. The summed E-state index contributed by atoms with van der Waals surface area (Å²) in [4.78, 5) is 23.3. The van der Waals surface area contributed by atoms with E-state index in [-0.39, 0.29) is 13.2 Å². The molecule has 1 atom stereocenters. The van der Waals surface area contributed by atoms with Crippen LogP contribution in [0.4, 0.5) is 22.2 Å². The molecule has 1 aromatic carbocycles. The molecular formula is C24H27N7O3. The third-order valence-corrected chi connectivity index (χ3v) is 5.63. The van der Waals surface area contributed by atoms with Crippen molar-refractivity contribution in [2.24, 2.45) is 7.05 Å². The summed E-state index contributed by atoms with van der Waals surface area (Å²) in [6.45, 7) is 7.21. The molecule has 1 unspecified atom stereocenters. The third-order valence-electron chi connectivity index (χ3n) is 5.63. The molecule has 10 nitrogen and oxygen atoms in total. The zero-order chi connectivity index (χ0) is 24.7. The topological polar surface area (TPSA) is 129 Å². The summed E-state index contributed by atoms with van der Waals surface area (Å²) in [6.07, 6.45) is 2.73. The molecule has 34 heavy (non-hydrogen) atoms. The van der Waals surface area contributed by atoms with Crippen LogP contribution in [0.5, 0.6) is 0 Å². The number of benzene rings is 1. The smallest absolute Gasteiger partial charge is 0.414 e. The fourth-order valence-corrected chi connectivity index (χ4v) is 3.93. The van der Waals surface area contributed by atoms with Crippen molar-refractivity contribution >= 4 is 23.5 Å². The van der Waals surface area contributed by atoms with Crippen molar-refractivity contribution in [2.75, 3.05) is 23.4 Å². The molecule has 0 saturated heterocycles. The van der Waals surface area contributed by atoms with Crippen LogP contribution in [0.2, 0.25) is 0 Å². The molecule has 2 aromatic heterocycles. The SMILES string of the molecule is Cn1nccc1Nc1nccc(-c2cc(C#N)c3c(c2)C(C)(CO)CN3C(=O)OC(C)(C)C)n1. The maximum absolute atomic E-state index is 13.0. The minimum atomic E-state index is -0.767. The predicted molar refractivity (Wildman–Crippen MR) is 127 cm³/mol. The lowest BCUT2D eigenvalue weighted by Gasteiger charge is -2.26. The lowest BCUT2D eigenvalue weighted by atomic mass is 9.83. The highest BCUT2D eigenvalue weighted by molar-refractivity contribution is 5.95. The molecule has 0 aliphatic carbocycles. The van der Waals surface area contributed by atoms with E-state index < -0.39 is 17.1 Å². The molecule has 3 aromatic rings. The van der Waals surface area contributed by atoms with Crippen molar-refractivity contribution in [3.05, 3.63) is 47.8 Å². The summed E-state index contributed by atoms with van der Waals surface area (Å²) in [7, 11) is 1.80. The van der Waals surface area contributed by atoms with Gasteiger partial charge < -0.3 is 15.2 Å². The van der Waals surface area contributed by atoms with Crippen LogP contribution < -0.4 is 10.2 Å². The molecule has 0 bridgehead atoms. The van der Waals surface area contributed by atoms with E-state index in [1.807, 2.05) is 13.0 Å². The number of nitrogens with zero attached hydrogens (tertiary/aromatic N) is 6. The molecule has 1 aliphatic rings. The van der Waals surface area contributed by atoms with Gasteiger partial charge in [-0.2, -0.15) is 10.4 Å². The van der Waals surface area contributed by atoms with E-state index in [4.69, 9.17) is 4.74 Å². The number of amides is 1. The van der Waals surface area contributed by atoms with Crippen LogP contribution in [0.1, 0.15) is 38.8 Å². The first kappa shape index (κ1) is 23.2. The summed E-state index contributed by atoms with van der Waals surface area (Å²) in [6, 6.07) is 9.31. The predicted octanol–water partition coefficient (Wildman–Crippen LogP) is 3.50. The van der Waals surface area contributed by atoms with Crippen LogP contribution in [-0.2, 0) is 17.2 Å². The zero-order valence-electron chi connectivity index (χ0n) is 19.8. The Kier molecular flexibility index (Phi) is 5.75. The highest BCUT2D eigenvalue weighted by Crippen LogP contribution is 2.45. The Balaban J connectivity index is 1.78. The molecule has 1 amide bonds. The van der Waals surface area contributed by atoms with E-state index in [0.29, 0.717) is 34.0 Å². The molecule has 0 spiro atoms. The van der Waals surface area contributed by atoms with E-state index in [0.717, 1.165) is 5.82 Å². The lowest BCUT2D eigenvalue weighted by Crippen LogP contribution is -2.40. The van der Waals surface area contributed by atoms with Crippen molar-refractivity contribution in [3.8, 4) is 17.3 Å². The van der Waals surface area contributed by atoms with Crippen LogP contribution in [-0.4, -0.2) is 49.7 Å². The number of aliphatic hydroxyl groups is 1. The van der Waals surface area contributed by atoms with Gasteiger partial charge in [0.05, 0.1) is 29.7 Å². The number of aromatic nitrogens is 4. The van der Waals surface area contributed by atoms with Gasteiger partial charge in [0, 0.05) is 36.8 Å². The van der Waals surface area contributed by atoms with Crippen molar-refractivity contribution in [3.63, 3.8) is 0 Å². The van der Waals surface area contributed by atoms with Gasteiger partial charge in [0.1, 0.15) is 17.5 Å². The average Bonchev–Trinajstić information content (AvgIpc) is 3.33. The van der Waals surface area contributed by atoms with E-state index >= 15 is 0 Å². The quantitative estimate of drug-likeness (QED) is 0.604. The second-order valence-electron chi connectivity index (χ2n) is 9.55. The number of nitriles is 1. The third kappa shape index (κ3) is 4.30. The number of carbonyl (C=O) groups excluding carboxylic acids is 1. The molecule has 0 radical (unpaired) electrons. The Morgan fingerprint density at radius 2 is 2.09 bits per heavy atom. The summed E-state index contributed by atoms with van der Waals surface area (Å²) in [5, 5.41) is 27.4. The first-order valence-corrected chi connectivity index (χ1v) is 10.8. The Morgan fingerprint density at radius 1 is 1.32 bits per heavy atom. The number of fused-ring (bicyclic) bond motifs is 1. The van der Waals surface area contributed by atoms with Crippen molar-refractivity contribution < 1.29 is 14.6 Å². The molecule has 0 saturated carbocycles. The summed E-state index contributed by atoms with van der Waals surface area (Å²) in [5.41, 5.74) is 1.26. The molecular weight excluding hydrogens is 434 g/mol. The number of rotatable bonds is 4. The number of hydrogen-bond acceptors (Lipinski definition) is 8. The largest absolute Gasteiger partial charge is 0.443 e. The van der Waals surface area contributed by atoms with Gasteiger partial charge in [-0.15, -0.1) is 0 Å². The monoisotopic (exact) mass is 461 g/mol. The number of hydrogen-bond donors (Lipinski definition) is 2. The fraction of sp³-hybridized carbons (Fsp3) is 0.375. The molecule has 176 valence electrons. The number of ether oxygens (including phenoxy) is 1. The maximum Gasteiger partial charge on any atom is 0.414 e. The molecule has 4 rings (SSSR count). The summed E-state index contributed by atoms with van der Waals surface area (Å²) < 4.78 is 7.23. The standard InChI is InChI=1S/C24H27N7O3/c1-23(2,3)34-22(33)31-13-24(4,14-32)17-11-15(10-16(12-25)20(17)31)18-6-8-26-21(28-18)29-19-7-9-27-30(19)5/h6-11,32H,13-14H2,1-5H3,(H,26,28,29). The normalized spacial score (nSPS) is 17.3. The molecule has 3 heterocycles. The molecule has 0 fully saturated rings. The van der Waals surface area contributed by atoms with Crippen LogP contribution in [0.3, 0.4) is 0 Å². The van der Waals surface area contributed by atoms with Gasteiger partial charge in [-0.25, -0.2) is 14.8 Å². The minimum absolute atomic E-state index is 0.197. The van der Waals surface area contributed by atoms with E-state index in [2.05, 4.69) is 26.5 Å². The van der Waals surface area contributed by atoms with Crippen molar-refractivity contribution in [2.45, 2.75) is 38.7 Å². The number of aliphatic hydroxyl groups excluding tert-OH is 1. The van der Waals surface area contributed by atoms with Gasteiger partial charge in [-0.1, -0.05) is 6.92 Å². The average molecular weight is 462 g/mol. The minimum Gasteiger partial charge on any atom is -0.443 e. The van der Waals surface area contributed by atoms with E-state index in [1.165, 1.54) is 4.90 Å². The van der Waals surface area contributed by atoms with Crippen LogP contribution >= 0.6 is 0 Å². The van der Waals surface area contributed by atoms with Gasteiger partial charge in [0.2, 0.25) is 5.95 Å². The van der Waals surface area contributed by atoms with Crippen LogP contribution in [0.25, 0.3) is 11.3 Å². The van der Waals surface area contributed by atoms with Gasteiger partial charge in [0.15, 0.2) is 0 Å². The molecule has 10 heteroatoms. The van der Waals surface area contributed by atoms with Crippen LogP contribution in [0.15, 0.2) is 36.7 Å². The zero-order valence-corrected chi connectivity index (χ0v) is 19.8. The van der Waals surface area contributed by atoms with E-state index in [9.17, 15) is 15.2 Å². The van der Waals surface area contributed by atoms with Gasteiger partial charge in [0.25, 0.3) is 0 Å². The molecule has 1 aliphatic heterocycles. The molecule has 2 N–H and O–H groups in total. The van der Waals surface area contributed by atoms with E-state index in [1.54, 1.807) is 63.1 Å². The maximum atomic E-state index is 13.0. The highest BCUT2D eigenvalue weighted by atomic mass is 16.6. The van der Waals surface area contributed by atoms with Gasteiger partial charge >= 0.3 is 6.09 Å². The van der Waals surface area contributed by atoms with Crippen LogP contribution in [0, 0.1) is 11.3 Å². The summed E-state index contributed by atoms with van der Waals surface area (Å²) >= 11 is 0. The Hall–Kier alpha value is -3.97. The highest BCUT2D eigenvalue weighted by Gasteiger charge is 2.44. The lowest BCUT2D eigenvalue weighted by molar-refractivity contribution is 0.0575. The first-order valence-electron chi connectivity index (χ1n) is 10.8.